The van der Waals surface area contributed by atoms with E-state index < -0.39 is 28.1 Å². The lowest BCUT2D eigenvalue weighted by molar-refractivity contribution is -0.387. The Morgan fingerprint density at radius 1 is 1.48 bits per heavy atom. The molecular formula is C15H13N3O5. The van der Waals surface area contributed by atoms with Gasteiger partial charge in [-0.1, -0.05) is 18.2 Å². The number of ether oxygens (including phenoxy) is 1. The zero-order chi connectivity index (χ0) is 17.1. The molecule has 1 unspecified atom stereocenters. The summed E-state index contributed by atoms with van der Waals surface area (Å²) in [4.78, 5) is 34.8. The van der Waals surface area contributed by atoms with Crippen LogP contribution >= 0.6 is 0 Å². The van der Waals surface area contributed by atoms with Gasteiger partial charge >= 0.3 is 17.2 Å². The van der Waals surface area contributed by atoms with Crippen LogP contribution in [0.25, 0.3) is 10.9 Å². The fourth-order valence-corrected chi connectivity index (χ4v) is 2.43. The van der Waals surface area contributed by atoms with Crippen LogP contribution in [-0.2, 0) is 16.6 Å². The molecule has 0 fully saturated rings. The number of para-hydroxylation sites is 1. The molecule has 1 aromatic heterocycles. The Labute approximate surface area is 130 Å². The molecule has 118 valence electrons. The molecule has 0 aliphatic heterocycles. The fourth-order valence-electron chi connectivity index (χ4n) is 2.43. The second-order valence-corrected chi connectivity index (χ2v) is 4.71. The number of carbonyl (C=O) groups excluding carboxylic acids is 1. The van der Waals surface area contributed by atoms with Gasteiger partial charge in [-0.2, -0.15) is 5.26 Å². The Morgan fingerprint density at radius 2 is 2.13 bits per heavy atom. The summed E-state index contributed by atoms with van der Waals surface area (Å²) in [7, 11) is 1.40. The minimum Gasteiger partial charge on any atom is -0.465 e. The fraction of sp³-hybridized carbons (Fsp3) is 0.267. The Hall–Kier alpha value is -3.21. The van der Waals surface area contributed by atoms with Crippen molar-refractivity contribution in [2.75, 3.05) is 6.61 Å². The first-order valence-corrected chi connectivity index (χ1v) is 6.76. The van der Waals surface area contributed by atoms with Crippen molar-refractivity contribution in [3.8, 4) is 6.07 Å². The Bertz CT molecular complexity index is 894. The van der Waals surface area contributed by atoms with Gasteiger partial charge < -0.3 is 9.30 Å². The third-order valence-electron chi connectivity index (χ3n) is 3.44. The number of nitrogens with zero attached hydrogens (tertiary/aromatic N) is 3. The molecule has 1 aromatic carbocycles. The molecule has 0 aliphatic carbocycles. The number of benzene rings is 1. The highest BCUT2D eigenvalue weighted by atomic mass is 16.6. The van der Waals surface area contributed by atoms with Crippen molar-refractivity contribution in [3.63, 3.8) is 0 Å². The van der Waals surface area contributed by atoms with Crippen molar-refractivity contribution >= 4 is 22.6 Å². The van der Waals surface area contributed by atoms with Crippen LogP contribution in [0.4, 0.5) is 5.69 Å². The van der Waals surface area contributed by atoms with Crippen LogP contribution in [0, 0.1) is 21.4 Å². The van der Waals surface area contributed by atoms with Crippen LogP contribution < -0.4 is 5.56 Å². The largest absolute Gasteiger partial charge is 0.465 e. The number of fused-ring (bicyclic) bond motifs is 1. The summed E-state index contributed by atoms with van der Waals surface area (Å²) in [5.74, 6) is -2.47. The molecule has 0 saturated heterocycles. The van der Waals surface area contributed by atoms with E-state index in [4.69, 9.17) is 4.74 Å². The maximum absolute atomic E-state index is 12.3. The van der Waals surface area contributed by atoms with E-state index in [0.717, 1.165) is 4.57 Å². The molecule has 1 heterocycles. The molecule has 0 saturated carbocycles. The van der Waals surface area contributed by atoms with Crippen LogP contribution in [0.3, 0.4) is 0 Å². The second kappa shape index (κ2) is 6.27. The van der Waals surface area contributed by atoms with E-state index in [9.17, 15) is 25.0 Å². The van der Waals surface area contributed by atoms with Crippen LogP contribution in [0.2, 0.25) is 0 Å². The number of aryl methyl sites for hydroxylation is 1. The lowest BCUT2D eigenvalue weighted by atomic mass is 9.94. The molecule has 0 amide bonds. The minimum atomic E-state index is -1.55. The maximum Gasteiger partial charge on any atom is 0.339 e. The van der Waals surface area contributed by atoms with Crippen LogP contribution in [0.1, 0.15) is 18.4 Å². The van der Waals surface area contributed by atoms with Gasteiger partial charge in [-0.3, -0.25) is 19.7 Å². The van der Waals surface area contributed by atoms with Gasteiger partial charge in [0, 0.05) is 12.4 Å². The molecule has 8 nitrogen and oxygen atoms in total. The Morgan fingerprint density at radius 3 is 2.70 bits per heavy atom. The van der Waals surface area contributed by atoms with E-state index in [1.165, 1.54) is 13.1 Å². The topological polar surface area (TPSA) is 115 Å². The second-order valence-electron chi connectivity index (χ2n) is 4.71. The van der Waals surface area contributed by atoms with Crippen LogP contribution in [-0.4, -0.2) is 22.1 Å². The highest BCUT2D eigenvalue weighted by Crippen LogP contribution is 2.31. The summed E-state index contributed by atoms with van der Waals surface area (Å²) >= 11 is 0. The standard InChI is InChI=1S/C15H13N3O5/c1-3-23-15(20)10(8-16)12-9-6-4-5-7-11(9)17(2)14(19)13(12)18(21)22/h4-7,10H,3H2,1-2H3. The number of nitro groups is 1. The van der Waals surface area contributed by atoms with Crippen molar-refractivity contribution in [2.45, 2.75) is 12.8 Å². The van der Waals surface area contributed by atoms with Crippen LogP contribution in [0.5, 0.6) is 0 Å². The van der Waals surface area contributed by atoms with Gasteiger partial charge in [0.05, 0.1) is 28.7 Å². The van der Waals surface area contributed by atoms with Gasteiger partial charge in [0.2, 0.25) is 0 Å². The average molecular weight is 315 g/mol. The summed E-state index contributed by atoms with van der Waals surface area (Å²) in [5.41, 5.74) is -1.50. The molecule has 0 aliphatic rings. The van der Waals surface area contributed by atoms with E-state index >= 15 is 0 Å². The molecule has 2 aromatic rings. The minimum absolute atomic E-state index is 0.0214. The summed E-state index contributed by atoms with van der Waals surface area (Å²) in [6, 6.07) is 8.09. The van der Waals surface area contributed by atoms with Gasteiger partial charge in [-0.05, 0) is 13.0 Å². The zero-order valence-electron chi connectivity index (χ0n) is 12.5. The molecule has 0 spiro atoms. The number of rotatable bonds is 4. The summed E-state index contributed by atoms with van der Waals surface area (Å²) < 4.78 is 5.93. The number of carbonyl (C=O) groups is 1. The van der Waals surface area contributed by atoms with Crippen molar-refractivity contribution in [1.29, 1.82) is 5.26 Å². The molecular weight excluding hydrogens is 302 g/mol. The summed E-state index contributed by atoms with van der Waals surface area (Å²) in [6.45, 7) is 1.58. The Balaban J connectivity index is 2.95. The normalized spacial score (nSPS) is 11.7. The van der Waals surface area contributed by atoms with Crippen molar-refractivity contribution in [2.24, 2.45) is 7.05 Å². The van der Waals surface area contributed by atoms with Gasteiger partial charge in [0.1, 0.15) is 0 Å². The molecule has 0 N–H and O–H groups in total. The van der Waals surface area contributed by atoms with Crippen molar-refractivity contribution < 1.29 is 14.5 Å². The SMILES string of the molecule is CCOC(=O)C(C#N)c1c([N+](=O)[O-])c(=O)n(C)c2ccccc12. The number of nitriles is 1. The van der Waals surface area contributed by atoms with Crippen molar-refractivity contribution in [1.82, 2.24) is 4.57 Å². The molecule has 8 heteroatoms. The third kappa shape index (κ3) is 2.64. The number of pyridine rings is 1. The first kappa shape index (κ1) is 16.2. The van der Waals surface area contributed by atoms with Gasteiger partial charge in [0.25, 0.3) is 0 Å². The predicted molar refractivity (Wildman–Crippen MR) is 80.8 cm³/mol. The molecule has 0 radical (unpaired) electrons. The van der Waals surface area contributed by atoms with Gasteiger partial charge in [-0.25, -0.2) is 0 Å². The summed E-state index contributed by atoms with van der Waals surface area (Å²) in [6.07, 6.45) is 0. The van der Waals surface area contributed by atoms with E-state index in [2.05, 4.69) is 0 Å². The number of hydrogen-bond acceptors (Lipinski definition) is 6. The van der Waals surface area contributed by atoms with E-state index in [-0.39, 0.29) is 12.2 Å². The Kier molecular flexibility index (Phi) is 4.41. The molecule has 23 heavy (non-hydrogen) atoms. The lowest BCUT2D eigenvalue weighted by Gasteiger charge is -2.14. The van der Waals surface area contributed by atoms with E-state index in [0.29, 0.717) is 10.9 Å². The van der Waals surface area contributed by atoms with Crippen molar-refractivity contribution in [3.05, 3.63) is 50.3 Å². The quantitative estimate of drug-likeness (QED) is 0.481. The summed E-state index contributed by atoms with van der Waals surface area (Å²) in [5, 5.41) is 21.0. The number of hydrogen-bond donors (Lipinski definition) is 0. The third-order valence-corrected chi connectivity index (χ3v) is 3.44. The van der Waals surface area contributed by atoms with Crippen LogP contribution in [0.15, 0.2) is 29.1 Å². The lowest BCUT2D eigenvalue weighted by Crippen LogP contribution is -2.25. The molecule has 2 rings (SSSR count). The highest BCUT2D eigenvalue weighted by molar-refractivity contribution is 5.93. The van der Waals surface area contributed by atoms with E-state index in [1.807, 2.05) is 0 Å². The first-order chi connectivity index (χ1) is 10.9. The van der Waals surface area contributed by atoms with Gasteiger partial charge in [0.15, 0.2) is 5.92 Å². The number of aromatic nitrogens is 1. The number of esters is 1. The maximum atomic E-state index is 12.3. The monoisotopic (exact) mass is 315 g/mol. The van der Waals surface area contributed by atoms with E-state index in [1.54, 1.807) is 31.2 Å². The smallest absolute Gasteiger partial charge is 0.339 e. The first-order valence-electron chi connectivity index (χ1n) is 6.76. The van der Waals surface area contributed by atoms with Gasteiger partial charge in [-0.15, -0.1) is 0 Å². The molecule has 0 bridgehead atoms. The predicted octanol–water partition coefficient (Wildman–Crippen LogP) is 1.62. The zero-order valence-corrected chi connectivity index (χ0v) is 12.5. The molecule has 1 atom stereocenters. The average Bonchev–Trinajstić information content (AvgIpc) is 2.52. The highest BCUT2D eigenvalue weighted by Gasteiger charge is 2.35.